The summed E-state index contributed by atoms with van der Waals surface area (Å²) in [4.78, 5) is 27.3. The number of rotatable bonds is 20. The summed E-state index contributed by atoms with van der Waals surface area (Å²) in [6, 6.07) is 32.6. The van der Waals surface area contributed by atoms with E-state index in [1.807, 2.05) is 27.7 Å². The standard InChI is InChI=1S/C52H58N8O4.4C7H8O3S/c61-33-1-21-57-25-13-37(14-26-57)49-41-5-7-43(53-41)50(38-15-27-58(28-16-38)22-2-34-62)45-9-11-47(55-45)52(40-19-31-60(32-20-40)24-4-36-64)48-12-10-46(56-48)51(44-8-6-42(49)54-44)39-17-29-59(30-18-39)23-3-35-63;4*1-6-2-4-7(5-3-6)11(8,9)10/h5-20,25,27,29,31,53,56,61-64H,1-4,21-24,26,28,30,32-36H2;4*2-5H,1H3,(H,8,9,10). The van der Waals surface area contributed by atoms with Gasteiger partial charge >= 0.3 is 0 Å². The van der Waals surface area contributed by atoms with Gasteiger partial charge < -0.3 is 50.0 Å². The van der Waals surface area contributed by atoms with Crippen molar-refractivity contribution in [1.82, 2.24) is 39.5 Å². The van der Waals surface area contributed by atoms with Crippen LogP contribution in [0.25, 0.3) is 68.7 Å². The molecule has 13 rings (SSSR count). The fourth-order valence-corrected chi connectivity index (χ4v) is 13.8. The van der Waals surface area contributed by atoms with Gasteiger partial charge in [-0.05, 0) is 222 Å². The van der Waals surface area contributed by atoms with Crippen LogP contribution in [0.5, 0.6) is 0 Å². The first-order valence-corrected chi connectivity index (χ1v) is 40.6. The number of hydrogen-bond acceptors (Lipinski definition) is 18. The van der Waals surface area contributed by atoms with Crippen molar-refractivity contribution >= 4 is 109 Å². The Morgan fingerprint density at radius 2 is 0.500 bits per heavy atom. The molecule has 570 valence electrons. The lowest BCUT2D eigenvalue weighted by Crippen LogP contribution is -2.21. The first-order chi connectivity index (χ1) is 51.5. The molecule has 0 saturated carbocycles. The van der Waals surface area contributed by atoms with Gasteiger partial charge in [-0.1, -0.05) is 95.1 Å². The average Bonchev–Trinajstić information content (AvgIpc) is 1.61. The number of aliphatic hydroxyl groups is 4. The summed E-state index contributed by atoms with van der Waals surface area (Å²) >= 11 is 0. The number of aliphatic hydroxyl groups excluding tert-OH is 4. The van der Waals surface area contributed by atoms with Crippen molar-refractivity contribution in [3.63, 3.8) is 0 Å². The Balaban J connectivity index is 0.000000242. The molecule has 0 saturated heterocycles. The minimum absolute atomic E-state index is 0.0666. The van der Waals surface area contributed by atoms with Gasteiger partial charge in [-0.2, -0.15) is 33.7 Å². The molecular weight excluding hydrogens is 1460 g/mol. The molecule has 0 unspecified atom stereocenters. The van der Waals surface area contributed by atoms with E-state index in [1.54, 1.807) is 48.5 Å². The molecule has 9 heterocycles. The second-order valence-electron chi connectivity index (χ2n) is 25.8. The predicted molar refractivity (Wildman–Crippen MR) is 424 cm³/mol. The Kier molecular flexibility index (Phi) is 28.7. The van der Waals surface area contributed by atoms with Gasteiger partial charge in [-0.15, -0.1) is 0 Å². The number of hydrogen-bond donors (Lipinski definition) is 10. The third kappa shape index (κ3) is 23.1. The molecule has 28 heteroatoms. The van der Waals surface area contributed by atoms with Crippen LogP contribution in [-0.4, -0.2) is 191 Å². The third-order valence-corrected chi connectivity index (χ3v) is 21.1. The topological polar surface area (TPSA) is 369 Å². The van der Waals surface area contributed by atoms with Gasteiger partial charge in [0, 0.05) is 123 Å². The minimum atomic E-state index is -4.02. The van der Waals surface area contributed by atoms with E-state index in [-0.39, 0.29) is 46.0 Å². The summed E-state index contributed by atoms with van der Waals surface area (Å²) in [6.07, 6.45) is 37.4. The van der Waals surface area contributed by atoms with E-state index in [0.29, 0.717) is 25.7 Å². The van der Waals surface area contributed by atoms with Gasteiger partial charge in [-0.25, -0.2) is 9.97 Å². The van der Waals surface area contributed by atoms with Gasteiger partial charge in [0.1, 0.15) is 0 Å². The summed E-state index contributed by atoms with van der Waals surface area (Å²) in [6.45, 7) is 14.0. The summed E-state index contributed by atoms with van der Waals surface area (Å²) in [7, 11) is -16.1. The van der Waals surface area contributed by atoms with Crippen LogP contribution in [0.3, 0.4) is 0 Å². The van der Waals surface area contributed by atoms with Crippen LogP contribution in [-0.2, 0) is 40.5 Å². The molecule has 4 aromatic carbocycles. The van der Waals surface area contributed by atoms with Crippen LogP contribution in [0.1, 0.15) is 93.0 Å². The van der Waals surface area contributed by atoms with E-state index in [0.717, 1.165) is 164 Å². The van der Waals surface area contributed by atoms with Gasteiger partial charge in [0.15, 0.2) is 0 Å². The highest BCUT2D eigenvalue weighted by Gasteiger charge is 2.23. The van der Waals surface area contributed by atoms with Gasteiger partial charge in [0.05, 0.1) is 42.4 Å². The molecule has 0 amide bonds. The number of aryl methyl sites for hydroxylation is 4. The molecule has 7 aromatic rings. The maximum absolute atomic E-state index is 10.5. The normalized spacial score (nSPS) is 14.6. The highest BCUT2D eigenvalue weighted by atomic mass is 32.2. The van der Waals surface area contributed by atoms with Crippen LogP contribution in [0, 0.1) is 27.7 Å². The molecule has 0 aliphatic carbocycles. The van der Waals surface area contributed by atoms with E-state index in [2.05, 4.69) is 152 Å². The van der Waals surface area contributed by atoms with Crippen molar-refractivity contribution in [3.05, 3.63) is 262 Å². The van der Waals surface area contributed by atoms with Crippen molar-refractivity contribution in [2.24, 2.45) is 0 Å². The number of aromatic nitrogens is 4. The van der Waals surface area contributed by atoms with Gasteiger partial charge in [-0.3, -0.25) is 18.2 Å². The van der Waals surface area contributed by atoms with Gasteiger partial charge in [0.2, 0.25) is 0 Å². The Morgan fingerprint density at radius 1 is 0.306 bits per heavy atom. The number of allylic oxidation sites excluding steroid dienone is 8. The Morgan fingerprint density at radius 3 is 0.657 bits per heavy atom. The number of aromatic amines is 2. The lowest BCUT2D eigenvalue weighted by atomic mass is 10.0. The molecule has 0 radical (unpaired) electrons. The maximum atomic E-state index is 10.5. The fraction of sp³-hybridized carbons (Fsp3) is 0.250. The van der Waals surface area contributed by atoms with E-state index in [4.69, 9.17) is 28.2 Å². The van der Waals surface area contributed by atoms with Crippen LogP contribution in [0.2, 0.25) is 0 Å². The third-order valence-electron chi connectivity index (χ3n) is 17.6. The first kappa shape index (κ1) is 82.1. The van der Waals surface area contributed by atoms with Crippen LogP contribution < -0.4 is 0 Å². The summed E-state index contributed by atoms with van der Waals surface area (Å²) < 4.78 is 118. The van der Waals surface area contributed by atoms with Crippen molar-refractivity contribution in [2.75, 3.05) is 78.8 Å². The van der Waals surface area contributed by atoms with Crippen molar-refractivity contribution < 1.29 is 72.3 Å². The summed E-state index contributed by atoms with van der Waals surface area (Å²) in [5, 5.41) is 38.1. The van der Waals surface area contributed by atoms with Gasteiger partial charge in [0.25, 0.3) is 40.5 Å². The zero-order chi connectivity index (χ0) is 77.8. The smallest absolute Gasteiger partial charge is 0.294 e. The zero-order valence-corrected chi connectivity index (χ0v) is 63.5. The molecule has 24 nitrogen and oxygen atoms in total. The fourth-order valence-electron chi connectivity index (χ4n) is 11.9. The molecule has 10 N–H and O–H groups in total. The molecule has 8 bridgehead atoms. The largest absolute Gasteiger partial charge is 0.396 e. The highest BCUT2D eigenvalue weighted by Crippen LogP contribution is 2.38. The molecule has 108 heavy (non-hydrogen) atoms. The Labute approximate surface area is 630 Å². The Bertz CT molecular complexity index is 4680. The van der Waals surface area contributed by atoms with Crippen molar-refractivity contribution in [3.8, 4) is 0 Å². The summed E-state index contributed by atoms with van der Waals surface area (Å²) in [5.74, 6) is 0. The Hall–Kier alpha value is -9.92. The average molecular weight is 1550 g/mol. The maximum Gasteiger partial charge on any atom is 0.294 e. The first-order valence-electron chi connectivity index (χ1n) is 34.8. The van der Waals surface area contributed by atoms with Crippen LogP contribution in [0.15, 0.2) is 214 Å². The van der Waals surface area contributed by atoms with E-state index >= 15 is 0 Å². The second-order valence-corrected chi connectivity index (χ2v) is 31.5. The highest BCUT2D eigenvalue weighted by molar-refractivity contribution is 7.86. The summed E-state index contributed by atoms with van der Waals surface area (Å²) in [5.41, 5.74) is 19.2. The molecule has 3 aromatic heterocycles. The van der Waals surface area contributed by atoms with Crippen LogP contribution in [0.4, 0.5) is 0 Å². The van der Waals surface area contributed by atoms with E-state index < -0.39 is 40.5 Å². The molecule has 0 fully saturated rings. The lowest BCUT2D eigenvalue weighted by Gasteiger charge is -2.23. The number of H-pyrrole nitrogens is 2. The lowest BCUT2D eigenvalue weighted by molar-refractivity contribution is 0.264. The zero-order valence-electron chi connectivity index (χ0n) is 60.3. The molecule has 6 aliphatic rings. The van der Waals surface area contributed by atoms with Crippen LogP contribution >= 0.6 is 0 Å². The number of nitrogens with one attached hydrogen (secondary N) is 2. The number of benzene rings is 4. The quantitative estimate of drug-likeness (QED) is 0.0317. The van der Waals surface area contributed by atoms with E-state index in [9.17, 15) is 54.1 Å². The number of fused-ring (bicyclic) bond motifs is 8. The number of nitrogens with zero attached hydrogens (tertiary/aromatic N) is 6. The second kappa shape index (κ2) is 37.7. The predicted octanol–water partition coefficient (Wildman–Crippen LogP) is 12.0. The minimum Gasteiger partial charge on any atom is -0.396 e. The molecular formula is C80H90N8O16S4. The van der Waals surface area contributed by atoms with Crippen molar-refractivity contribution in [1.29, 1.82) is 0 Å². The molecule has 6 aliphatic heterocycles. The molecule has 0 atom stereocenters. The van der Waals surface area contributed by atoms with Crippen molar-refractivity contribution in [2.45, 2.75) is 73.0 Å². The monoisotopic (exact) mass is 1550 g/mol. The molecule has 0 spiro atoms. The van der Waals surface area contributed by atoms with E-state index in [1.165, 1.54) is 48.5 Å². The SMILES string of the molecule is Cc1ccc(S(=O)(=O)O)cc1.Cc1ccc(S(=O)(=O)O)cc1.Cc1ccc(S(=O)(=O)O)cc1.Cc1ccc(S(=O)(=O)O)cc1.OCCCN1C=CC(c2c3nc(c(C4=CCN(CCCO)C=C4)c4ccc([nH]4)c(C4=CCN(CCCO)C=C4)c4nc(c(C5=CCN(CCCO)C=C5)c5ccc2[nH]5)C=C4)C=C3)=CC1.